The third-order valence-electron chi connectivity index (χ3n) is 2.29. The maximum atomic E-state index is 10.4. The van der Waals surface area contributed by atoms with Crippen molar-refractivity contribution < 1.29 is 4.79 Å². The smallest absolute Gasteiger partial charge is 0.123 e. The third-order valence-corrected chi connectivity index (χ3v) is 2.53. The second-order valence-corrected chi connectivity index (χ2v) is 3.63. The van der Waals surface area contributed by atoms with Crippen LogP contribution in [-0.4, -0.2) is 6.29 Å². The van der Waals surface area contributed by atoms with Crippen molar-refractivity contribution >= 4 is 17.9 Å². The highest BCUT2D eigenvalue weighted by Gasteiger charge is 2.37. The molecule has 0 bridgehead atoms. The van der Waals surface area contributed by atoms with Crippen LogP contribution in [0, 0.1) is 5.92 Å². The van der Waals surface area contributed by atoms with Gasteiger partial charge in [0.15, 0.2) is 0 Å². The van der Waals surface area contributed by atoms with E-state index in [4.69, 9.17) is 11.6 Å². The fourth-order valence-electron chi connectivity index (χ4n) is 1.49. The molecule has 1 nitrogen and oxygen atoms in total. The van der Waals surface area contributed by atoms with Gasteiger partial charge in [-0.1, -0.05) is 23.7 Å². The molecule has 1 aliphatic rings. The van der Waals surface area contributed by atoms with Crippen LogP contribution in [0.4, 0.5) is 0 Å². The second-order valence-electron chi connectivity index (χ2n) is 3.20. The van der Waals surface area contributed by atoms with E-state index in [-0.39, 0.29) is 5.92 Å². The van der Waals surface area contributed by atoms with Gasteiger partial charge >= 0.3 is 0 Å². The van der Waals surface area contributed by atoms with Gasteiger partial charge < -0.3 is 4.79 Å². The van der Waals surface area contributed by atoms with E-state index in [1.807, 2.05) is 24.3 Å². The van der Waals surface area contributed by atoms with Gasteiger partial charge in [-0.25, -0.2) is 0 Å². The molecule has 1 fully saturated rings. The van der Waals surface area contributed by atoms with E-state index in [0.29, 0.717) is 5.92 Å². The largest absolute Gasteiger partial charge is 0.303 e. The summed E-state index contributed by atoms with van der Waals surface area (Å²) in [6.07, 6.45) is 2.02. The van der Waals surface area contributed by atoms with Crippen molar-refractivity contribution in [1.29, 1.82) is 0 Å². The van der Waals surface area contributed by atoms with E-state index >= 15 is 0 Å². The average molecular weight is 181 g/mol. The normalized spacial score (nSPS) is 26.8. The highest BCUT2D eigenvalue weighted by atomic mass is 35.5. The van der Waals surface area contributed by atoms with Crippen molar-refractivity contribution in [2.24, 2.45) is 5.92 Å². The first-order valence-corrected chi connectivity index (χ1v) is 4.40. The predicted molar refractivity (Wildman–Crippen MR) is 48.4 cm³/mol. The van der Waals surface area contributed by atoms with Crippen LogP contribution in [0.25, 0.3) is 0 Å². The summed E-state index contributed by atoms with van der Waals surface area (Å²) >= 11 is 5.82. The molecule has 1 aromatic rings. The van der Waals surface area contributed by atoms with E-state index in [2.05, 4.69) is 0 Å². The Labute approximate surface area is 76.4 Å². The van der Waals surface area contributed by atoms with Crippen molar-refractivity contribution in [3.05, 3.63) is 34.9 Å². The lowest BCUT2D eigenvalue weighted by Crippen LogP contribution is -1.83. The van der Waals surface area contributed by atoms with Crippen LogP contribution >= 0.6 is 11.6 Å². The minimum Gasteiger partial charge on any atom is -0.303 e. The standard InChI is InChI=1S/C10H9ClO/c11-9-3-1-2-7(4-9)10-5-8(10)6-12/h1-4,6,8,10H,5H2/t8?,10-/m1/s1. The van der Waals surface area contributed by atoms with E-state index < -0.39 is 0 Å². The first-order valence-electron chi connectivity index (χ1n) is 4.02. The molecule has 0 aromatic heterocycles. The molecule has 62 valence electrons. The van der Waals surface area contributed by atoms with Crippen LogP contribution < -0.4 is 0 Å². The lowest BCUT2D eigenvalue weighted by Gasteiger charge is -1.97. The molecule has 0 heterocycles. The van der Waals surface area contributed by atoms with Gasteiger partial charge in [0.25, 0.3) is 0 Å². The molecule has 1 unspecified atom stereocenters. The van der Waals surface area contributed by atoms with E-state index in [0.717, 1.165) is 17.7 Å². The number of halogens is 1. The topological polar surface area (TPSA) is 17.1 Å². The minimum absolute atomic E-state index is 0.239. The predicted octanol–water partition coefficient (Wildman–Crippen LogP) is 2.64. The molecule has 12 heavy (non-hydrogen) atoms. The summed E-state index contributed by atoms with van der Waals surface area (Å²) < 4.78 is 0. The van der Waals surface area contributed by atoms with Gasteiger partial charge in [-0.15, -0.1) is 0 Å². The van der Waals surface area contributed by atoms with Crippen molar-refractivity contribution in [3.8, 4) is 0 Å². The summed E-state index contributed by atoms with van der Waals surface area (Å²) in [5.41, 5.74) is 1.19. The van der Waals surface area contributed by atoms with Gasteiger partial charge in [-0.05, 0) is 30.0 Å². The molecule has 2 rings (SSSR count). The quantitative estimate of drug-likeness (QED) is 0.640. The van der Waals surface area contributed by atoms with Gasteiger partial charge in [0.05, 0.1) is 0 Å². The summed E-state index contributed by atoms with van der Waals surface area (Å²) in [6, 6.07) is 7.75. The van der Waals surface area contributed by atoms with Crippen LogP contribution in [0.2, 0.25) is 5.02 Å². The molecule has 0 radical (unpaired) electrons. The fourth-order valence-corrected chi connectivity index (χ4v) is 1.68. The monoisotopic (exact) mass is 180 g/mol. The number of aldehydes is 1. The van der Waals surface area contributed by atoms with Gasteiger partial charge in [0.1, 0.15) is 6.29 Å². The Morgan fingerprint density at radius 2 is 2.33 bits per heavy atom. The molecular weight excluding hydrogens is 172 g/mol. The molecule has 2 atom stereocenters. The van der Waals surface area contributed by atoms with Gasteiger partial charge in [0, 0.05) is 10.9 Å². The first kappa shape index (κ1) is 7.81. The molecule has 0 aliphatic heterocycles. The van der Waals surface area contributed by atoms with E-state index in [9.17, 15) is 4.79 Å². The highest BCUT2D eigenvalue weighted by molar-refractivity contribution is 6.30. The average Bonchev–Trinajstić information content (AvgIpc) is 2.83. The Hall–Kier alpha value is -0.820. The lowest BCUT2D eigenvalue weighted by atomic mass is 10.1. The zero-order valence-electron chi connectivity index (χ0n) is 6.53. The molecule has 0 spiro atoms. The van der Waals surface area contributed by atoms with Gasteiger partial charge in [0.2, 0.25) is 0 Å². The maximum absolute atomic E-state index is 10.4. The van der Waals surface area contributed by atoms with E-state index in [1.54, 1.807) is 0 Å². The number of carbonyl (C=O) groups is 1. The number of carbonyl (C=O) groups excluding carboxylic acids is 1. The second kappa shape index (κ2) is 2.91. The highest BCUT2D eigenvalue weighted by Crippen LogP contribution is 2.46. The van der Waals surface area contributed by atoms with Gasteiger partial charge in [-0.3, -0.25) is 0 Å². The first-order chi connectivity index (χ1) is 5.81. The Morgan fingerprint density at radius 3 is 2.92 bits per heavy atom. The van der Waals surface area contributed by atoms with Crippen molar-refractivity contribution in [1.82, 2.24) is 0 Å². The zero-order valence-corrected chi connectivity index (χ0v) is 7.29. The molecule has 0 saturated heterocycles. The summed E-state index contributed by atoms with van der Waals surface area (Å²) in [7, 11) is 0. The van der Waals surface area contributed by atoms with Crippen molar-refractivity contribution in [3.63, 3.8) is 0 Å². The molecule has 1 aliphatic carbocycles. The lowest BCUT2D eigenvalue weighted by molar-refractivity contribution is -0.108. The number of hydrogen-bond donors (Lipinski definition) is 0. The molecule has 1 aromatic carbocycles. The van der Waals surface area contributed by atoms with Crippen molar-refractivity contribution in [2.45, 2.75) is 12.3 Å². The van der Waals surface area contributed by atoms with Crippen LogP contribution in [-0.2, 0) is 4.79 Å². The molecule has 1 saturated carbocycles. The third kappa shape index (κ3) is 1.37. The summed E-state index contributed by atoms with van der Waals surface area (Å²) in [6.45, 7) is 0. The molecule has 0 N–H and O–H groups in total. The van der Waals surface area contributed by atoms with Crippen LogP contribution in [0.15, 0.2) is 24.3 Å². The molecular formula is C10H9ClO. The Balaban J connectivity index is 2.19. The Morgan fingerprint density at radius 1 is 1.50 bits per heavy atom. The fraction of sp³-hybridized carbons (Fsp3) is 0.300. The SMILES string of the molecule is O=CC1C[C@@H]1c1cccc(Cl)c1. The zero-order chi connectivity index (χ0) is 8.55. The molecule has 2 heteroatoms. The number of benzene rings is 1. The summed E-state index contributed by atoms with van der Waals surface area (Å²) in [4.78, 5) is 10.4. The number of hydrogen-bond acceptors (Lipinski definition) is 1. The Kier molecular flexibility index (Phi) is 1.89. The Bertz CT molecular complexity index is 308. The van der Waals surface area contributed by atoms with Crippen LogP contribution in [0.5, 0.6) is 0 Å². The van der Waals surface area contributed by atoms with Gasteiger partial charge in [-0.2, -0.15) is 0 Å². The minimum atomic E-state index is 0.239. The molecule has 0 amide bonds. The summed E-state index contributed by atoms with van der Waals surface area (Å²) in [5.74, 6) is 0.671. The van der Waals surface area contributed by atoms with E-state index in [1.165, 1.54) is 5.56 Å². The van der Waals surface area contributed by atoms with Crippen molar-refractivity contribution in [2.75, 3.05) is 0 Å². The number of rotatable bonds is 2. The summed E-state index contributed by atoms with van der Waals surface area (Å²) in [5, 5.41) is 0.754. The van der Waals surface area contributed by atoms with Crippen LogP contribution in [0.3, 0.4) is 0 Å². The maximum Gasteiger partial charge on any atom is 0.123 e. The van der Waals surface area contributed by atoms with Crippen LogP contribution in [0.1, 0.15) is 17.9 Å².